The molecule has 7 nitrogen and oxygen atoms in total. The van der Waals surface area contributed by atoms with Gasteiger partial charge in [0, 0.05) is 33.0 Å². The van der Waals surface area contributed by atoms with Crippen molar-refractivity contribution < 1.29 is 24.2 Å². The Morgan fingerprint density at radius 1 is 1.56 bits per heavy atom. The van der Waals surface area contributed by atoms with Crippen molar-refractivity contribution in [3.05, 3.63) is 0 Å². The molecule has 2 rings (SSSR count). The number of carboxylic acid groups (broad SMARTS) is 1. The predicted molar refractivity (Wildman–Crippen MR) is 59.7 cm³/mol. The van der Waals surface area contributed by atoms with Crippen LogP contribution in [-0.4, -0.2) is 60.1 Å². The molecular weight excluding hydrogens is 240 g/mol. The van der Waals surface area contributed by atoms with Crippen LogP contribution in [0.5, 0.6) is 0 Å². The van der Waals surface area contributed by atoms with Crippen molar-refractivity contribution in [3.63, 3.8) is 0 Å². The maximum absolute atomic E-state index is 12.0. The quantitative estimate of drug-likeness (QED) is 0.663. The third-order valence-corrected chi connectivity index (χ3v) is 3.51. The van der Waals surface area contributed by atoms with Crippen LogP contribution in [0.3, 0.4) is 0 Å². The lowest BCUT2D eigenvalue weighted by atomic mass is 9.97. The molecule has 2 heterocycles. The molecule has 2 N–H and O–H groups in total. The van der Waals surface area contributed by atoms with E-state index in [0.717, 1.165) is 0 Å². The standard InChI is InChI=1S/C11H16N2O5/c1-13-5-7(4-8(13)14)9(15)12-11(10(16)17)2-3-18-6-11/h7H,2-6H2,1H3,(H,12,15)(H,16,17). The highest BCUT2D eigenvalue weighted by molar-refractivity contribution is 5.92. The highest BCUT2D eigenvalue weighted by atomic mass is 16.5. The minimum absolute atomic E-state index is 0.0232. The summed E-state index contributed by atoms with van der Waals surface area (Å²) in [6.45, 7) is 0.627. The van der Waals surface area contributed by atoms with Crippen LogP contribution in [0.2, 0.25) is 0 Å². The number of nitrogens with zero attached hydrogens (tertiary/aromatic N) is 1. The third-order valence-electron chi connectivity index (χ3n) is 3.51. The van der Waals surface area contributed by atoms with Crippen LogP contribution in [0.25, 0.3) is 0 Å². The lowest BCUT2D eigenvalue weighted by Gasteiger charge is -2.25. The molecular formula is C11H16N2O5. The summed E-state index contributed by atoms with van der Waals surface area (Å²) < 4.78 is 5.05. The van der Waals surface area contributed by atoms with Crippen molar-refractivity contribution in [2.45, 2.75) is 18.4 Å². The molecule has 0 saturated carbocycles. The molecule has 0 aromatic rings. The van der Waals surface area contributed by atoms with Crippen LogP contribution < -0.4 is 5.32 Å². The average molecular weight is 256 g/mol. The first kappa shape index (κ1) is 12.8. The first-order valence-corrected chi connectivity index (χ1v) is 5.82. The van der Waals surface area contributed by atoms with Crippen molar-refractivity contribution in [1.29, 1.82) is 0 Å². The van der Waals surface area contributed by atoms with Crippen LogP contribution >= 0.6 is 0 Å². The van der Waals surface area contributed by atoms with Gasteiger partial charge in [-0.05, 0) is 0 Å². The van der Waals surface area contributed by atoms with E-state index in [0.29, 0.717) is 13.2 Å². The third kappa shape index (κ3) is 2.17. The van der Waals surface area contributed by atoms with Crippen LogP contribution in [0.1, 0.15) is 12.8 Å². The molecule has 0 aliphatic carbocycles. The molecule has 7 heteroatoms. The smallest absolute Gasteiger partial charge is 0.331 e. The molecule has 100 valence electrons. The number of hydrogen-bond donors (Lipinski definition) is 2. The highest BCUT2D eigenvalue weighted by Crippen LogP contribution is 2.22. The molecule has 0 spiro atoms. The molecule has 2 saturated heterocycles. The van der Waals surface area contributed by atoms with E-state index in [-0.39, 0.29) is 31.3 Å². The second kappa shape index (κ2) is 4.56. The maximum atomic E-state index is 12.0. The number of ether oxygens (including phenoxy) is 1. The summed E-state index contributed by atoms with van der Waals surface area (Å²) in [5, 5.41) is 11.7. The number of nitrogens with one attached hydrogen (secondary N) is 1. The van der Waals surface area contributed by atoms with Gasteiger partial charge in [0.05, 0.1) is 12.5 Å². The lowest BCUT2D eigenvalue weighted by Crippen LogP contribution is -2.56. The zero-order valence-corrected chi connectivity index (χ0v) is 10.1. The van der Waals surface area contributed by atoms with Crippen LogP contribution in [0.15, 0.2) is 0 Å². The summed E-state index contributed by atoms with van der Waals surface area (Å²) in [7, 11) is 1.63. The number of amides is 2. The Bertz CT molecular complexity index is 389. The van der Waals surface area contributed by atoms with Crippen LogP contribution in [0, 0.1) is 5.92 Å². The number of likely N-dealkylation sites (tertiary alicyclic amines) is 1. The molecule has 2 unspecified atom stereocenters. The van der Waals surface area contributed by atoms with Gasteiger partial charge in [0.15, 0.2) is 5.54 Å². The minimum Gasteiger partial charge on any atom is -0.479 e. The van der Waals surface area contributed by atoms with Gasteiger partial charge in [-0.15, -0.1) is 0 Å². The van der Waals surface area contributed by atoms with Crippen molar-refractivity contribution in [2.24, 2.45) is 5.92 Å². The number of carbonyl (C=O) groups is 3. The van der Waals surface area contributed by atoms with Crippen LogP contribution in [0.4, 0.5) is 0 Å². The molecule has 2 aliphatic rings. The SMILES string of the molecule is CN1CC(C(=O)NC2(C(=O)O)CCOC2)CC1=O. The number of aliphatic carboxylic acids is 1. The fourth-order valence-corrected chi connectivity index (χ4v) is 2.26. The Balaban J connectivity index is 2.02. The Labute approximate surface area is 104 Å². The van der Waals surface area contributed by atoms with E-state index in [2.05, 4.69) is 5.32 Å². The molecule has 2 amide bonds. The number of carboxylic acids is 1. The second-order valence-corrected chi connectivity index (χ2v) is 4.85. The van der Waals surface area contributed by atoms with Gasteiger partial charge in [-0.25, -0.2) is 4.79 Å². The van der Waals surface area contributed by atoms with E-state index in [4.69, 9.17) is 4.74 Å². The Morgan fingerprint density at radius 3 is 2.72 bits per heavy atom. The average Bonchev–Trinajstić information content (AvgIpc) is 2.88. The van der Waals surface area contributed by atoms with Crippen molar-refractivity contribution in [1.82, 2.24) is 10.2 Å². The van der Waals surface area contributed by atoms with Crippen molar-refractivity contribution in [2.75, 3.05) is 26.8 Å². The monoisotopic (exact) mass is 256 g/mol. The van der Waals surface area contributed by atoms with E-state index in [1.165, 1.54) is 4.90 Å². The molecule has 2 atom stereocenters. The van der Waals surface area contributed by atoms with Gasteiger partial charge in [-0.3, -0.25) is 9.59 Å². The van der Waals surface area contributed by atoms with Crippen LogP contribution in [-0.2, 0) is 19.1 Å². The lowest BCUT2D eigenvalue weighted by molar-refractivity contribution is -0.148. The zero-order chi connectivity index (χ0) is 13.3. The van der Waals surface area contributed by atoms with Gasteiger partial charge in [-0.1, -0.05) is 0 Å². The van der Waals surface area contributed by atoms with E-state index < -0.39 is 17.4 Å². The summed E-state index contributed by atoms with van der Waals surface area (Å²) in [4.78, 5) is 36.0. The second-order valence-electron chi connectivity index (χ2n) is 4.85. The maximum Gasteiger partial charge on any atom is 0.331 e. The van der Waals surface area contributed by atoms with E-state index in [1.807, 2.05) is 0 Å². The summed E-state index contributed by atoms with van der Waals surface area (Å²) >= 11 is 0. The molecule has 2 aliphatic heterocycles. The molecule has 0 radical (unpaired) electrons. The van der Waals surface area contributed by atoms with Gasteiger partial charge in [0.1, 0.15) is 0 Å². The summed E-state index contributed by atoms with van der Waals surface area (Å²) in [6.07, 6.45) is 0.392. The molecule has 0 bridgehead atoms. The zero-order valence-electron chi connectivity index (χ0n) is 10.1. The fraction of sp³-hybridized carbons (Fsp3) is 0.727. The fourth-order valence-electron chi connectivity index (χ4n) is 2.26. The number of rotatable bonds is 3. The largest absolute Gasteiger partial charge is 0.479 e. The van der Waals surface area contributed by atoms with E-state index in [9.17, 15) is 19.5 Å². The summed E-state index contributed by atoms with van der Waals surface area (Å²) in [6, 6.07) is 0. The van der Waals surface area contributed by atoms with Gasteiger partial charge < -0.3 is 20.1 Å². The Morgan fingerprint density at radius 2 is 2.28 bits per heavy atom. The van der Waals surface area contributed by atoms with E-state index >= 15 is 0 Å². The highest BCUT2D eigenvalue weighted by Gasteiger charge is 2.45. The van der Waals surface area contributed by atoms with Crippen molar-refractivity contribution in [3.8, 4) is 0 Å². The van der Waals surface area contributed by atoms with Crippen molar-refractivity contribution >= 4 is 17.8 Å². The normalized spacial score (nSPS) is 31.7. The minimum atomic E-state index is -1.33. The molecule has 0 aromatic carbocycles. The first-order valence-electron chi connectivity index (χ1n) is 5.82. The topological polar surface area (TPSA) is 95.9 Å². The van der Waals surface area contributed by atoms with Gasteiger partial charge in [-0.2, -0.15) is 0 Å². The summed E-state index contributed by atoms with van der Waals surface area (Å²) in [5.74, 6) is -2.05. The predicted octanol–water partition coefficient (Wildman–Crippen LogP) is -1.18. The summed E-state index contributed by atoms with van der Waals surface area (Å²) in [5.41, 5.74) is -1.33. The number of hydrogen-bond acceptors (Lipinski definition) is 4. The number of carbonyl (C=O) groups excluding carboxylic acids is 2. The molecule has 2 fully saturated rings. The van der Waals surface area contributed by atoms with Gasteiger partial charge in [0.2, 0.25) is 11.8 Å². The molecule has 18 heavy (non-hydrogen) atoms. The Kier molecular flexibility index (Phi) is 3.25. The van der Waals surface area contributed by atoms with E-state index in [1.54, 1.807) is 7.05 Å². The first-order chi connectivity index (χ1) is 8.44. The van der Waals surface area contributed by atoms with Gasteiger partial charge >= 0.3 is 5.97 Å². The van der Waals surface area contributed by atoms with Gasteiger partial charge in [0.25, 0.3) is 0 Å². The Hall–Kier alpha value is -1.63. The molecule has 0 aromatic heterocycles.